The number of aromatic nitrogens is 1. The van der Waals surface area contributed by atoms with Gasteiger partial charge < -0.3 is 10.2 Å². The number of nitrogens with one attached hydrogen (secondary N) is 1. The summed E-state index contributed by atoms with van der Waals surface area (Å²) < 4.78 is 0. The summed E-state index contributed by atoms with van der Waals surface area (Å²) in [7, 11) is 0. The van der Waals surface area contributed by atoms with Crippen molar-refractivity contribution in [3.8, 4) is 0 Å². The molecule has 1 atom stereocenters. The zero-order valence-electron chi connectivity index (χ0n) is 17.5. The Bertz CT molecular complexity index is 861. The molecule has 2 aliphatic heterocycles. The maximum atomic E-state index is 13.1. The molecule has 7 heteroatoms. The predicted octanol–water partition coefficient (Wildman–Crippen LogP) is 3.14. The van der Waals surface area contributed by atoms with Crippen LogP contribution in [0.3, 0.4) is 0 Å². The molecule has 0 bridgehead atoms. The van der Waals surface area contributed by atoms with Crippen LogP contribution in [-0.2, 0) is 16.1 Å². The Hall–Kier alpha value is -2.25. The van der Waals surface area contributed by atoms with Gasteiger partial charge in [0.15, 0.2) is 0 Å². The summed E-state index contributed by atoms with van der Waals surface area (Å²) in [5, 5.41) is 6.48. The molecule has 2 saturated heterocycles. The number of thiazole rings is 1. The van der Waals surface area contributed by atoms with Gasteiger partial charge in [-0.25, -0.2) is 4.98 Å². The fourth-order valence-corrected chi connectivity index (χ4v) is 4.99. The van der Waals surface area contributed by atoms with Gasteiger partial charge in [-0.2, -0.15) is 0 Å². The number of likely N-dealkylation sites (tertiary alicyclic amines) is 2. The Kier molecular flexibility index (Phi) is 6.79. The first-order valence-electron chi connectivity index (χ1n) is 10.8. The molecule has 2 fully saturated rings. The molecule has 1 aromatic heterocycles. The molecule has 2 aliphatic rings. The first kappa shape index (κ1) is 21.0. The number of piperidine rings is 1. The zero-order chi connectivity index (χ0) is 20.9. The largest absolute Gasteiger partial charge is 0.347 e. The Morgan fingerprint density at radius 2 is 2.00 bits per heavy atom. The van der Waals surface area contributed by atoms with Crippen molar-refractivity contribution < 1.29 is 9.59 Å². The maximum absolute atomic E-state index is 13.1. The summed E-state index contributed by atoms with van der Waals surface area (Å²) in [6.07, 6.45) is 3.25. The third-order valence-electron chi connectivity index (χ3n) is 6.10. The molecule has 0 saturated carbocycles. The fraction of sp³-hybridized carbons (Fsp3) is 0.522. The summed E-state index contributed by atoms with van der Waals surface area (Å²) in [4.78, 5) is 34.0. The quantitative estimate of drug-likeness (QED) is 0.739. The number of hydrogen-bond acceptors (Lipinski definition) is 5. The normalized spacial score (nSPS) is 19.2. The van der Waals surface area contributed by atoms with Crippen LogP contribution >= 0.6 is 11.3 Å². The molecule has 2 amide bonds. The molecule has 3 heterocycles. The second-order valence-electron chi connectivity index (χ2n) is 8.32. The summed E-state index contributed by atoms with van der Waals surface area (Å²) in [5.74, 6) is 0.328. The molecule has 2 aromatic rings. The fourth-order valence-electron chi connectivity index (χ4n) is 4.39. The van der Waals surface area contributed by atoms with E-state index in [0.717, 1.165) is 61.7 Å². The second-order valence-corrected chi connectivity index (χ2v) is 9.39. The van der Waals surface area contributed by atoms with Crippen LogP contribution in [-0.4, -0.2) is 52.8 Å². The summed E-state index contributed by atoms with van der Waals surface area (Å²) in [5.41, 5.74) is 2.18. The van der Waals surface area contributed by atoms with E-state index in [1.807, 2.05) is 42.2 Å². The number of amides is 2. The highest BCUT2D eigenvalue weighted by atomic mass is 32.1. The zero-order valence-corrected chi connectivity index (χ0v) is 18.4. The minimum atomic E-state index is -0.156. The van der Waals surface area contributed by atoms with Crippen LogP contribution in [0.15, 0.2) is 35.7 Å². The highest BCUT2D eigenvalue weighted by Crippen LogP contribution is 2.23. The van der Waals surface area contributed by atoms with Crippen LogP contribution in [0.1, 0.15) is 48.0 Å². The molecule has 0 spiro atoms. The van der Waals surface area contributed by atoms with Crippen LogP contribution in [0.2, 0.25) is 0 Å². The van der Waals surface area contributed by atoms with Gasteiger partial charge in [0.05, 0.1) is 16.7 Å². The van der Waals surface area contributed by atoms with Crippen molar-refractivity contribution in [1.82, 2.24) is 20.1 Å². The second kappa shape index (κ2) is 9.71. The molecular formula is C23H30N4O2S. The van der Waals surface area contributed by atoms with Crippen molar-refractivity contribution in [3.05, 3.63) is 52.0 Å². The Morgan fingerprint density at radius 1 is 1.23 bits per heavy atom. The summed E-state index contributed by atoms with van der Waals surface area (Å²) in [6, 6.07) is 9.85. The van der Waals surface area contributed by atoms with E-state index in [9.17, 15) is 9.59 Å². The summed E-state index contributed by atoms with van der Waals surface area (Å²) in [6.45, 7) is 6.06. The number of hydrogen-bond donors (Lipinski definition) is 1. The third kappa shape index (κ3) is 5.26. The minimum absolute atomic E-state index is 0.0268. The van der Waals surface area contributed by atoms with Crippen LogP contribution < -0.4 is 5.32 Å². The van der Waals surface area contributed by atoms with Crippen molar-refractivity contribution in [2.45, 2.75) is 45.2 Å². The first-order chi connectivity index (χ1) is 14.6. The van der Waals surface area contributed by atoms with Crippen LogP contribution in [0, 0.1) is 12.8 Å². The SMILES string of the molecule is Cc1nc(CN2CCC(C(=O)NC(CN3CCCC3=O)c3ccccc3)CC2)cs1. The average molecular weight is 427 g/mol. The van der Waals surface area contributed by atoms with Gasteiger partial charge in [0.1, 0.15) is 0 Å². The third-order valence-corrected chi connectivity index (χ3v) is 6.93. The minimum Gasteiger partial charge on any atom is -0.347 e. The molecule has 160 valence electrons. The Labute approximate surface area is 182 Å². The topological polar surface area (TPSA) is 65.5 Å². The number of rotatable bonds is 7. The lowest BCUT2D eigenvalue weighted by molar-refractivity contribution is -0.130. The van der Waals surface area contributed by atoms with Crippen LogP contribution in [0.5, 0.6) is 0 Å². The summed E-state index contributed by atoms with van der Waals surface area (Å²) >= 11 is 1.69. The lowest BCUT2D eigenvalue weighted by Gasteiger charge is -2.32. The van der Waals surface area contributed by atoms with Crippen molar-refractivity contribution in [2.24, 2.45) is 5.92 Å². The number of carbonyl (C=O) groups excluding carboxylic acids is 2. The number of carbonyl (C=O) groups is 2. The van der Waals surface area contributed by atoms with Crippen LogP contribution in [0.25, 0.3) is 0 Å². The van der Waals surface area contributed by atoms with E-state index >= 15 is 0 Å². The van der Waals surface area contributed by atoms with E-state index in [2.05, 4.69) is 20.6 Å². The van der Waals surface area contributed by atoms with Gasteiger partial charge in [-0.1, -0.05) is 30.3 Å². The highest BCUT2D eigenvalue weighted by molar-refractivity contribution is 7.09. The van der Waals surface area contributed by atoms with Crippen molar-refractivity contribution in [3.63, 3.8) is 0 Å². The van der Waals surface area contributed by atoms with Gasteiger partial charge in [-0.05, 0) is 44.8 Å². The Balaban J connectivity index is 1.34. The number of nitrogens with zero attached hydrogens (tertiary/aromatic N) is 3. The maximum Gasteiger partial charge on any atom is 0.223 e. The van der Waals surface area contributed by atoms with E-state index in [4.69, 9.17) is 0 Å². The van der Waals surface area contributed by atoms with Gasteiger partial charge >= 0.3 is 0 Å². The lowest BCUT2D eigenvalue weighted by Crippen LogP contribution is -2.44. The Morgan fingerprint density at radius 3 is 2.63 bits per heavy atom. The van der Waals surface area contributed by atoms with Gasteiger partial charge in [0, 0.05) is 37.4 Å². The van der Waals surface area contributed by atoms with Crippen molar-refractivity contribution in [1.29, 1.82) is 0 Å². The predicted molar refractivity (Wildman–Crippen MR) is 118 cm³/mol. The standard InChI is InChI=1S/C23H30N4O2S/c1-17-24-20(16-30-17)14-26-12-9-19(10-13-26)23(29)25-21(18-6-3-2-4-7-18)15-27-11-5-8-22(27)28/h2-4,6-7,16,19,21H,5,8-15H2,1H3,(H,25,29). The molecule has 0 aliphatic carbocycles. The van der Waals surface area contributed by atoms with Gasteiger partial charge in [0.2, 0.25) is 11.8 Å². The molecular weight excluding hydrogens is 396 g/mol. The van der Waals surface area contributed by atoms with Crippen molar-refractivity contribution >= 4 is 23.2 Å². The van der Waals surface area contributed by atoms with Gasteiger partial charge in [-0.15, -0.1) is 11.3 Å². The average Bonchev–Trinajstić information content (AvgIpc) is 3.36. The van der Waals surface area contributed by atoms with E-state index in [1.165, 1.54) is 0 Å². The first-order valence-corrected chi connectivity index (χ1v) is 11.7. The molecule has 6 nitrogen and oxygen atoms in total. The number of aryl methyl sites for hydroxylation is 1. The van der Waals surface area contributed by atoms with Crippen molar-refractivity contribution in [2.75, 3.05) is 26.2 Å². The highest BCUT2D eigenvalue weighted by Gasteiger charge is 2.29. The monoisotopic (exact) mass is 426 g/mol. The molecule has 0 radical (unpaired) electrons. The molecule has 1 N–H and O–H groups in total. The van der Waals surface area contributed by atoms with E-state index < -0.39 is 0 Å². The van der Waals surface area contributed by atoms with E-state index in [1.54, 1.807) is 11.3 Å². The van der Waals surface area contributed by atoms with Gasteiger partial charge in [0.25, 0.3) is 0 Å². The van der Waals surface area contributed by atoms with E-state index in [-0.39, 0.29) is 23.8 Å². The molecule has 30 heavy (non-hydrogen) atoms. The van der Waals surface area contributed by atoms with Gasteiger partial charge in [-0.3, -0.25) is 14.5 Å². The molecule has 1 unspecified atom stereocenters. The van der Waals surface area contributed by atoms with Crippen LogP contribution in [0.4, 0.5) is 0 Å². The molecule has 4 rings (SSSR count). The molecule has 1 aromatic carbocycles. The lowest BCUT2D eigenvalue weighted by atomic mass is 9.95. The van der Waals surface area contributed by atoms with E-state index in [0.29, 0.717) is 13.0 Å². The smallest absolute Gasteiger partial charge is 0.223 e. The number of benzene rings is 1.